The number of aryl methyl sites for hydroxylation is 1. The smallest absolute Gasteiger partial charge is 0.336 e. The third kappa shape index (κ3) is 3.75. The molecule has 2 aromatic carbocycles. The molecule has 0 aromatic heterocycles. The first-order valence-corrected chi connectivity index (χ1v) is 10.2. The SMILES string of the molecule is Cc1cc2c(-c3cc(C(=O)C(C)(C)C)ccc3C(=O)O)c3cc(F)c(O)cc3oc-2cc1=O. The molecule has 6 nitrogen and oxygen atoms in total. The van der Waals surface area contributed by atoms with Crippen LogP contribution >= 0.6 is 0 Å². The molecular weight excluding hydrogens is 427 g/mol. The van der Waals surface area contributed by atoms with Crippen molar-refractivity contribution in [2.24, 2.45) is 5.41 Å². The number of ketones is 1. The van der Waals surface area contributed by atoms with E-state index >= 15 is 0 Å². The third-order valence-electron chi connectivity index (χ3n) is 5.55. The highest BCUT2D eigenvalue weighted by molar-refractivity contribution is 6.10. The molecule has 168 valence electrons. The second-order valence-electron chi connectivity index (χ2n) is 9.04. The Morgan fingerprint density at radius 1 is 1.00 bits per heavy atom. The quantitative estimate of drug-likeness (QED) is 0.310. The van der Waals surface area contributed by atoms with E-state index in [9.17, 15) is 29.0 Å². The number of Topliss-reactive ketones (excluding diaryl/α,β-unsaturated/α-hetero) is 1. The summed E-state index contributed by atoms with van der Waals surface area (Å²) in [6.07, 6.45) is 0. The zero-order valence-electron chi connectivity index (χ0n) is 18.4. The van der Waals surface area contributed by atoms with Crippen LogP contribution in [0.1, 0.15) is 47.1 Å². The summed E-state index contributed by atoms with van der Waals surface area (Å²) in [6.45, 7) is 6.86. The van der Waals surface area contributed by atoms with Crippen molar-refractivity contribution < 1.29 is 28.6 Å². The van der Waals surface area contributed by atoms with Crippen molar-refractivity contribution in [2.75, 3.05) is 0 Å². The average Bonchev–Trinajstić information content (AvgIpc) is 2.73. The maximum Gasteiger partial charge on any atom is 0.336 e. The Hall–Kier alpha value is -4.00. The normalized spacial score (nSPS) is 11.8. The van der Waals surface area contributed by atoms with Gasteiger partial charge in [0.05, 0.1) is 5.56 Å². The van der Waals surface area contributed by atoms with E-state index in [0.717, 1.165) is 12.1 Å². The van der Waals surface area contributed by atoms with Gasteiger partial charge in [-0.3, -0.25) is 9.59 Å². The summed E-state index contributed by atoms with van der Waals surface area (Å²) in [7, 11) is 0. The summed E-state index contributed by atoms with van der Waals surface area (Å²) in [5.41, 5.74) is 0.461. The Balaban J connectivity index is 2.21. The minimum absolute atomic E-state index is 0.0588. The molecule has 1 aliphatic heterocycles. The van der Waals surface area contributed by atoms with E-state index in [-0.39, 0.29) is 44.6 Å². The van der Waals surface area contributed by atoms with Crippen molar-refractivity contribution in [1.82, 2.24) is 0 Å². The highest BCUT2D eigenvalue weighted by Crippen LogP contribution is 2.43. The molecule has 7 heteroatoms. The maximum atomic E-state index is 14.4. The van der Waals surface area contributed by atoms with Gasteiger partial charge in [0.25, 0.3) is 0 Å². The van der Waals surface area contributed by atoms with Gasteiger partial charge in [0.15, 0.2) is 22.8 Å². The van der Waals surface area contributed by atoms with Crippen molar-refractivity contribution in [3.05, 3.63) is 75.2 Å². The fourth-order valence-corrected chi connectivity index (χ4v) is 3.84. The van der Waals surface area contributed by atoms with Gasteiger partial charge in [-0.2, -0.15) is 0 Å². The monoisotopic (exact) mass is 448 g/mol. The van der Waals surface area contributed by atoms with Crippen LogP contribution in [0.5, 0.6) is 5.75 Å². The van der Waals surface area contributed by atoms with Gasteiger partial charge in [0.1, 0.15) is 11.3 Å². The lowest BCUT2D eigenvalue weighted by Gasteiger charge is -2.20. The summed E-state index contributed by atoms with van der Waals surface area (Å²) in [4.78, 5) is 37.3. The van der Waals surface area contributed by atoms with E-state index < -0.39 is 23.0 Å². The Morgan fingerprint density at radius 2 is 1.70 bits per heavy atom. The Bertz CT molecular complexity index is 1490. The number of hydrogen-bond acceptors (Lipinski definition) is 5. The van der Waals surface area contributed by atoms with E-state index in [0.29, 0.717) is 16.7 Å². The number of carboxylic acids is 1. The van der Waals surface area contributed by atoms with Crippen LogP contribution < -0.4 is 5.43 Å². The number of fused-ring (bicyclic) bond motifs is 2. The van der Waals surface area contributed by atoms with Crippen LogP contribution in [0.4, 0.5) is 4.39 Å². The number of rotatable bonds is 3. The fourth-order valence-electron chi connectivity index (χ4n) is 3.84. The molecule has 2 N–H and O–H groups in total. The molecular formula is C26H21FO6. The van der Waals surface area contributed by atoms with E-state index in [1.165, 1.54) is 24.3 Å². The van der Waals surface area contributed by atoms with E-state index in [4.69, 9.17) is 4.42 Å². The number of benzene rings is 3. The van der Waals surface area contributed by atoms with Crippen LogP contribution in [0.2, 0.25) is 0 Å². The molecule has 0 saturated carbocycles. The molecule has 0 fully saturated rings. The van der Waals surface area contributed by atoms with Gasteiger partial charge in [-0.25, -0.2) is 9.18 Å². The van der Waals surface area contributed by atoms with Crippen LogP contribution in [0.15, 0.2) is 51.7 Å². The first-order chi connectivity index (χ1) is 15.4. The van der Waals surface area contributed by atoms with Gasteiger partial charge in [0.2, 0.25) is 0 Å². The maximum absolute atomic E-state index is 14.4. The molecule has 4 rings (SSSR count). The molecule has 1 aliphatic carbocycles. The number of aromatic carboxylic acids is 1. The van der Waals surface area contributed by atoms with Crippen molar-refractivity contribution in [3.63, 3.8) is 0 Å². The highest BCUT2D eigenvalue weighted by atomic mass is 19.1. The van der Waals surface area contributed by atoms with Crippen LogP contribution in [-0.4, -0.2) is 22.0 Å². The molecule has 0 radical (unpaired) electrons. The number of carboxylic acid groups (broad SMARTS) is 1. The predicted octanol–water partition coefficient (Wildman–Crippen LogP) is 5.64. The number of halogens is 1. The van der Waals surface area contributed by atoms with E-state index in [1.807, 2.05) is 0 Å². The number of carbonyl (C=O) groups excluding carboxylic acids is 1. The number of aromatic hydroxyl groups is 1. The first-order valence-electron chi connectivity index (χ1n) is 10.2. The van der Waals surface area contributed by atoms with Crippen LogP contribution in [0.25, 0.3) is 33.4 Å². The summed E-state index contributed by atoms with van der Waals surface area (Å²) < 4.78 is 20.2. The molecule has 0 amide bonds. The minimum Gasteiger partial charge on any atom is -0.505 e. The van der Waals surface area contributed by atoms with Gasteiger partial charge in [-0.15, -0.1) is 0 Å². The number of phenolic OH excluding ortho intramolecular Hbond substituents is 1. The second kappa shape index (κ2) is 7.55. The number of carbonyl (C=O) groups is 2. The third-order valence-corrected chi connectivity index (χ3v) is 5.55. The highest BCUT2D eigenvalue weighted by Gasteiger charge is 2.27. The van der Waals surface area contributed by atoms with Gasteiger partial charge < -0.3 is 14.6 Å². The lowest BCUT2D eigenvalue weighted by atomic mass is 9.83. The van der Waals surface area contributed by atoms with Crippen LogP contribution in [-0.2, 0) is 0 Å². The summed E-state index contributed by atoms with van der Waals surface area (Å²) >= 11 is 0. The van der Waals surface area contributed by atoms with Crippen molar-refractivity contribution in [1.29, 1.82) is 0 Å². The van der Waals surface area contributed by atoms with Crippen molar-refractivity contribution in [3.8, 4) is 28.2 Å². The fraction of sp³-hybridized carbons (Fsp3) is 0.192. The summed E-state index contributed by atoms with van der Waals surface area (Å²) in [6, 6.07) is 9.19. The molecule has 2 aromatic rings. The lowest BCUT2D eigenvalue weighted by Crippen LogP contribution is -2.20. The zero-order chi connectivity index (χ0) is 24.2. The van der Waals surface area contributed by atoms with Gasteiger partial charge in [0, 0.05) is 39.6 Å². The standard InChI is InChI=1S/C26H21FO6/c1-12-7-16-21(10-19(12)28)33-22-11-20(29)18(27)9-17(22)23(16)15-8-13(24(30)26(2,3)4)5-6-14(15)25(31)32/h5-11,29H,1-4H3,(H,31,32). The molecule has 33 heavy (non-hydrogen) atoms. The molecule has 0 spiro atoms. The summed E-state index contributed by atoms with van der Waals surface area (Å²) in [5.74, 6) is -2.87. The van der Waals surface area contributed by atoms with Crippen LogP contribution in [0, 0.1) is 18.2 Å². The van der Waals surface area contributed by atoms with Crippen molar-refractivity contribution >= 4 is 22.7 Å². The second-order valence-corrected chi connectivity index (χ2v) is 9.04. The molecule has 0 bridgehead atoms. The van der Waals surface area contributed by atoms with Crippen molar-refractivity contribution in [2.45, 2.75) is 27.7 Å². The van der Waals surface area contributed by atoms with E-state index in [1.54, 1.807) is 33.8 Å². The Morgan fingerprint density at radius 3 is 2.33 bits per heavy atom. The lowest BCUT2D eigenvalue weighted by molar-refractivity contribution is 0.0697. The Kier molecular flexibility index (Phi) is 5.08. The molecule has 2 aliphatic rings. The topological polar surface area (TPSA) is 105 Å². The largest absolute Gasteiger partial charge is 0.505 e. The summed E-state index contributed by atoms with van der Waals surface area (Å²) in [5, 5.41) is 19.9. The molecule has 0 atom stereocenters. The first kappa shape index (κ1) is 22.2. The van der Waals surface area contributed by atoms with Gasteiger partial charge in [-0.1, -0.05) is 26.8 Å². The Labute approximate surface area is 188 Å². The number of hydrogen-bond donors (Lipinski definition) is 2. The molecule has 0 unspecified atom stereocenters. The van der Waals surface area contributed by atoms with E-state index in [2.05, 4.69) is 0 Å². The average molecular weight is 448 g/mol. The minimum atomic E-state index is -1.24. The zero-order valence-corrected chi connectivity index (χ0v) is 18.4. The van der Waals surface area contributed by atoms with Gasteiger partial charge in [-0.05, 0) is 42.3 Å². The molecule has 1 heterocycles. The number of phenols is 1. The van der Waals surface area contributed by atoms with Gasteiger partial charge >= 0.3 is 5.97 Å². The van der Waals surface area contributed by atoms with Crippen LogP contribution in [0.3, 0.4) is 0 Å². The predicted molar refractivity (Wildman–Crippen MR) is 122 cm³/mol. The molecule has 0 saturated heterocycles.